The fourth-order valence-corrected chi connectivity index (χ4v) is 1.58. The number of carbonyl (C=O) groups excluding carboxylic acids is 1. The van der Waals surface area contributed by atoms with Crippen LogP contribution in [0.2, 0.25) is 5.02 Å². The number of rotatable bonds is 5. The van der Waals surface area contributed by atoms with Gasteiger partial charge in [-0.3, -0.25) is 4.79 Å². The molecule has 1 rings (SSSR count). The van der Waals surface area contributed by atoms with Crippen molar-refractivity contribution in [2.75, 3.05) is 17.3 Å². The number of hydrogen-bond donors (Lipinski definition) is 1. The van der Waals surface area contributed by atoms with E-state index in [-0.39, 0.29) is 5.91 Å². The summed E-state index contributed by atoms with van der Waals surface area (Å²) < 4.78 is 0. The normalized spacial score (nSPS) is 10.0. The van der Waals surface area contributed by atoms with Crippen LogP contribution in [0.15, 0.2) is 18.3 Å². The summed E-state index contributed by atoms with van der Waals surface area (Å²) in [7, 11) is 0. The highest BCUT2D eigenvalue weighted by molar-refractivity contribution is 7.98. The predicted octanol–water partition coefficient (Wildman–Crippen LogP) is 2.82. The Morgan fingerprint density at radius 2 is 2.40 bits per heavy atom. The molecule has 0 fully saturated rings. The molecule has 0 unspecified atom stereocenters. The predicted molar refractivity (Wildman–Crippen MR) is 65.5 cm³/mol. The van der Waals surface area contributed by atoms with Gasteiger partial charge in [-0.25, -0.2) is 4.98 Å². The van der Waals surface area contributed by atoms with Crippen LogP contribution in [0.4, 0.5) is 5.82 Å². The molecule has 82 valence electrons. The lowest BCUT2D eigenvalue weighted by molar-refractivity contribution is -0.116. The summed E-state index contributed by atoms with van der Waals surface area (Å²) >= 11 is 7.41. The first kappa shape index (κ1) is 12.3. The maximum Gasteiger partial charge on any atom is 0.225 e. The molecule has 0 saturated carbocycles. The van der Waals surface area contributed by atoms with Crippen LogP contribution in [0.1, 0.15) is 12.8 Å². The molecule has 0 aromatic carbocycles. The molecular formula is C10H13ClN2OS. The third-order valence-electron chi connectivity index (χ3n) is 1.75. The topological polar surface area (TPSA) is 42.0 Å². The van der Waals surface area contributed by atoms with Gasteiger partial charge in [0.1, 0.15) is 5.82 Å². The van der Waals surface area contributed by atoms with Crippen molar-refractivity contribution in [3.63, 3.8) is 0 Å². The van der Waals surface area contributed by atoms with Crippen LogP contribution < -0.4 is 5.32 Å². The van der Waals surface area contributed by atoms with E-state index in [2.05, 4.69) is 10.3 Å². The number of pyridine rings is 1. The number of carbonyl (C=O) groups is 1. The molecule has 1 amide bonds. The first-order chi connectivity index (χ1) is 7.22. The minimum absolute atomic E-state index is 0.00104. The standard InChI is InChI=1S/C10H13ClN2OS/c1-15-6-2-3-10(14)13-9-5-4-8(11)7-12-9/h4-5,7H,2-3,6H2,1H3,(H,12,13,14). The third kappa shape index (κ3) is 5.04. The van der Waals surface area contributed by atoms with Gasteiger partial charge in [-0.1, -0.05) is 11.6 Å². The molecule has 5 heteroatoms. The number of aromatic nitrogens is 1. The third-order valence-corrected chi connectivity index (χ3v) is 2.67. The zero-order valence-electron chi connectivity index (χ0n) is 8.50. The Hall–Kier alpha value is -0.740. The summed E-state index contributed by atoms with van der Waals surface area (Å²) in [6.07, 6.45) is 4.96. The summed E-state index contributed by atoms with van der Waals surface area (Å²) in [5.74, 6) is 1.55. The van der Waals surface area contributed by atoms with Crippen molar-refractivity contribution in [3.05, 3.63) is 23.4 Å². The van der Waals surface area contributed by atoms with E-state index in [1.54, 1.807) is 23.9 Å². The number of nitrogens with one attached hydrogen (secondary N) is 1. The van der Waals surface area contributed by atoms with E-state index in [0.29, 0.717) is 17.3 Å². The largest absolute Gasteiger partial charge is 0.311 e. The number of amides is 1. The lowest BCUT2D eigenvalue weighted by Crippen LogP contribution is -2.12. The fraction of sp³-hybridized carbons (Fsp3) is 0.400. The number of anilines is 1. The van der Waals surface area contributed by atoms with Gasteiger partial charge in [0.15, 0.2) is 0 Å². The lowest BCUT2D eigenvalue weighted by atomic mass is 10.3. The minimum atomic E-state index is -0.00104. The van der Waals surface area contributed by atoms with Crippen LogP contribution in [0.25, 0.3) is 0 Å². The van der Waals surface area contributed by atoms with Crippen LogP contribution >= 0.6 is 23.4 Å². The maximum atomic E-state index is 11.4. The van der Waals surface area contributed by atoms with Gasteiger partial charge in [-0.05, 0) is 30.6 Å². The van der Waals surface area contributed by atoms with E-state index < -0.39 is 0 Å². The zero-order chi connectivity index (χ0) is 11.1. The van der Waals surface area contributed by atoms with Gasteiger partial charge in [-0.2, -0.15) is 11.8 Å². The van der Waals surface area contributed by atoms with Gasteiger partial charge in [-0.15, -0.1) is 0 Å². The Morgan fingerprint density at radius 3 is 3.00 bits per heavy atom. The Balaban J connectivity index is 2.34. The molecule has 0 bridgehead atoms. The highest BCUT2D eigenvalue weighted by Crippen LogP contribution is 2.10. The van der Waals surface area contributed by atoms with E-state index in [4.69, 9.17) is 11.6 Å². The lowest BCUT2D eigenvalue weighted by Gasteiger charge is -2.03. The van der Waals surface area contributed by atoms with Crippen molar-refractivity contribution in [2.45, 2.75) is 12.8 Å². The monoisotopic (exact) mass is 244 g/mol. The van der Waals surface area contributed by atoms with E-state index in [1.807, 2.05) is 6.26 Å². The number of hydrogen-bond acceptors (Lipinski definition) is 3. The second kappa shape index (κ2) is 6.69. The summed E-state index contributed by atoms with van der Waals surface area (Å²) in [6, 6.07) is 3.39. The highest BCUT2D eigenvalue weighted by Gasteiger charge is 2.02. The van der Waals surface area contributed by atoms with Crippen LogP contribution in [-0.4, -0.2) is 22.9 Å². The molecule has 0 saturated heterocycles. The van der Waals surface area contributed by atoms with Crippen molar-refractivity contribution in [1.29, 1.82) is 0 Å². The summed E-state index contributed by atoms with van der Waals surface area (Å²) in [5, 5.41) is 3.28. The quantitative estimate of drug-likeness (QED) is 0.810. The second-order valence-corrected chi connectivity index (χ2v) is 4.43. The zero-order valence-corrected chi connectivity index (χ0v) is 10.1. The van der Waals surface area contributed by atoms with E-state index in [1.165, 1.54) is 6.20 Å². The van der Waals surface area contributed by atoms with E-state index in [0.717, 1.165) is 12.2 Å². The van der Waals surface area contributed by atoms with Gasteiger partial charge < -0.3 is 5.32 Å². The molecule has 15 heavy (non-hydrogen) atoms. The second-order valence-electron chi connectivity index (χ2n) is 3.01. The van der Waals surface area contributed by atoms with E-state index >= 15 is 0 Å². The van der Waals surface area contributed by atoms with Crippen LogP contribution in [0, 0.1) is 0 Å². The van der Waals surface area contributed by atoms with Crippen LogP contribution in [0.3, 0.4) is 0 Å². The molecule has 0 spiro atoms. The van der Waals surface area contributed by atoms with Crippen molar-refractivity contribution in [3.8, 4) is 0 Å². The fourth-order valence-electron chi connectivity index (χ4n) is 1.03. The maximum absolute atomic E-state index is 11.4. The molecule has 1 aromatic heterocycles. The number of halogens is 1. The van der Waals surface area contributed by atoms with Crippen molar-refractivity contribution >= 4 is 35.1 Å². The first-order valence-electron chi connectivity index (χ1n) is 4.62. The molecule has 1 N–H and O–H groups in total. The molecule has 0 aliphatic rings. The SMILES string of the molecule is CSCCCC(=O)Nc1ccc(Cl)cn1. The first-order valence-corrected chi connectivity index (χ1v) is 6.40. The van der Waals surface area contributed by atoms with Gasteiger partial charge in [0.2, 0.25) is 5.91 Å². The Kier molecular flexibility index (Phi) is 5.50. The van der Waals surface area contributed by atoms with Crippen molar-refractivity contribution in [1.82, 2.24) is 4.98 Å². The van der Waals surface area contributed by atoms with Gasteiger partial charge >= 0.3 is 0 Å². The molecular weight excluding hydrogens is 232 g/mol. The van der Waals surface area contributed by atoms with Crippen LogP contribution in [-0.2, 0) is 4.79 Å². The minimum Gasteiger partial charge on any atom is -0.311 e. The van der Waals surface area contributed by atoms with Gasteiger partial charge in [0.25, 0.3) is 0 Å². The Morgan fingerprint density at radius 1 is 1.60 bits per heavy atom. The highest BCUT2D eigenvalue weighted by atomic mass is 35.5. The Labute approximate surface area is 98.6 Å². The molecule has 0 aliphatic heterocycles. The molecule has 0 aliphatic carbocycles. The number of thioether (sulfide) groups is 1. The van der Waals surface area contributed by atoms with Gasteiger partial charge in [0, 0.05) is 12.6 Å². The average Bonchev–Trinajstić information content (AvgIpc) is 2.22. The van der Waals surface area contributed by atoms with Crippen molar-refractivity contribution < 1.29 is 4.79 Å². The Bertz CT molecular complexity index is 316. The van der Waals surface area contributed by atoms with Crippen molar-refractivity contribution in [2.24, 2.45) is 0 Å². The summed E-state index contributed by atoms with van der Waals surface area (Å²) in [5.41, 5.74) is 0. The van der Waals surface area contributed by atoms with Crippen LogP contribution in [0.5, 0.6) is 0 Å². The molecule has 0 atom stereocenters. The van der Waals surface area contributed by atoms with E-state index in [9.17, 15) is 4.79 Å². The molecule has 1 aromatic rings. The summed E-state index contributed by atoms with van der Waals surface area (Å²) in [6.45, 7) is 0. The molecule has 3 nitrogen and oxygen atoms in total. The smallest absolute Gasteiger partial charge is 0.225 e. The average molecular weight is 245 g/mol. The molecule has 0 radical (unpaired) electrons. The summed E-state index contributed by atoms with van der Waals surface area (Å²) in [4.78, 5) is 15.4. The van der Waals surface area contributed by atoms with Gasteiger partial charge in [0.05, 0.1) is 5.02 Å². The molecule has 1 heterocycles. The number of nitrogens with zero attached hydrogens (tertiary/aromatic N) is 1.